The van der Waals surface area contributed by atoms with Crippen LogP contribution in [0.3, 0.4) is 0 Å². The first-order chi connectivity index (χ1) is 8.58. The quantitative estimate of drug-likeness (QED) is 0.858. The lowest BCUT2D eigenvalue weighted by Crippen LogP contribution is -1.94. The van der Waals surface area contributed by atoms with Gasteiger partial charge < -0.3 is 10.3 Å². The summed E-state index contributed by atoms with van der Waals surface area (Å²) in [5, 5.41) is 4.54. The van der Waals surface area contributed by atoms with E-state index in [4.69, 9.17) is 10.3 Å². The van der Waals surface area contributed by atoms with Gasteiger partial charge in [0.25, 0.3) is 5.89 Å². The Labute approximate surface area is 111 Å². The van der Waals surface area contributed by atoms with Crippen molar-refractivity contribution in [2.24, 2.45) is 0 Å². The molecule has 0 saturated carbocycles. The van der Waals surface area contributed by atoms with Crippen LogP contribution in [0.1, 0.15) is 25.2 Å². The highest BCUT2D eigenvalue weighted by Crippen LogP contribution is 2.28. The molecule has 2 rings (SSSR count). The number of benzene rings is 1. The molecule has 5 heteroatoms. The minimum Gasteiger partial charge on any atom is -0.398 e. The average molecular weight is 263 g/mol. The van der Waals surface area contributed by atoms with Gasteiger partial charge in [-0.05, 0) is 23.8 Å². The second-order valence-electron chi connectivity index (χ2n) is 4.41. The van der Waals surface area contributed by atoms with Gasteiger partial charge in [0.2, 0.25) is 0 Å². The highest BCUT2D eigenvalue weighted by Gasteiger charge is 2.14. The second kappa shape index (κ2) is 5.44. The lowest BCUT2D eigenvalue weighted by atomic mass is 10.1. The third-order valence-electron chi connectivity index (χ3n) is 2.53. The van der Waals surface area contributed by atoms with Crippen LogP contribution < -0.4 is 5.73 Å². The van der Waals surface area contributed by atoms with Crippen molar-refractivity contribution in [3.63, 3.8) is 0 Å². The van der Waals surface area contributed by atoms with Crippen LogP contribution in [0.5, 0.6) is 0 Å². The maximum absolute atomic E-state index is 5.95. The third kappa shape index (κ3) is 2.85. The highest BCUT2D eigenvalue weighted by atomic mass is 32.2. The first kappa shape index (κ1) is 13.0. The number of nitrogen functional groups attached to an aromatic ring is 1. The molecule has 0 radical (unpaired) electrons. The van der Waals surface area contributed by atoms with Crippen LogP contribution >= 0.6 is 11.8 Å². The van der Waals surface area contributed by atoms with Gasteiger partial charge in [0.1, 0.15) is 0 Å². The highest BCUT2D eigenvalue weighted by molar-refractivity contribution is 7.99. The summed E-state index contributed by atoms with van der Waals surface area (Å²) in [5.74, 6) is 1.98. The molecule has 4 nitrogen and oxygen atoms in total. The Kier molecular flexibility index (Phi) is 3.91. The first-order valence-electron chi connectivity index (χ1n) is 5.87. The molecule has 0 bridgehead atoms. The third-order valence-corrected chi connectivity index (χ3v) is 3.62. The predicted molar refractivity (Wildman–Crippen MR) is 75.3 cm³/mol. The molecule has 0 aliphatic heterocycles. The van der Waals surface area contributed by atoms with Crippen LogP contribution in [0.15, 0.2) is 22.7 Å². The van der Waals surface area contributed by atoms with E-state index in [-0.39, 0.29) is 0 Å². The zero-order valence-corrected chi connectivity index (χ0v) is 11.6. The summed E-state index contributed by atoms with van der Waals surface area (Å²) in [5.41, 5.74) is 8.50. The molecule has 0 amide bonds. The molecule has 0 unspecified atom stereocenters. The number of thioether (sulfide) groups is 1. The van der Waals surface area contributed by atoms with E-state index in [9.17, 15) is 0 Å². The molecule has 2 aromatic rings. The monoisotopic (exact) mass is 263 g/mol. The fraction of sp³-hybridized carbons (Fsp3) is 0.385. The Morgan fingerprint density at radius 2 is 2.17 bits per heavy atom. The summed E-state index contributed by atoms with van der Waals surface area (Å²) in [6.07, 6.45) is 0. The van der Waals surface area contributed by atoms with E-state index in [0.29, 0.717) is 22.7 Å². The van der Waals surface area contributed by atoms with Crippen molar-refractivity contribution < 1.29 is 4.52 Å². The Hall–Kier alpha value is -1.49. The summed E-state index contributed by atoms with van der Waals surface area (Å²) in [6, 6.07) is 5.74. The van der Waals surface area contributed by atoms with E-state index in [1.165, 1.54) is 0 Å². The van der Waals surface area contributed by atoms with Gasteiger partial charge in [-0.3, -0.25) is 0 Å². The molecule has 1 heterocycles. The molecular weight excluding hydrogens is 246 g/mol. The lowest BCUT2D eigenvalue weighted by Gasteiger charge is -2.03. The fourth-order valence-electron chi connectivity index (χ4n) is 1.64. The molecule has 1 aromatic heterocycles. The molecule has 96 valence electrons. The van der Waals surface area contributed by atoms with Gasteiger partial charge in [-0.2, -0.15) is 16.7 Å². The van der Waals surface area contributed by atoms with Crippen LogP contribution in [0, 0.1) is 6.92 Å². The number of aromatic nitrogens is 2. The van der Waals surface area contributed by atoms with Crippen molar-refractivity contribution in [2.45, 2.75) is 31.8 Å². The van der Waals surface area contributed by atoms with Crippen molar-refractivity contribution in [3.8, 4) is 11.5 Å². The van der Waals surface area contributed by atoms with E-state index >= 15 is 0 Å². The molecule has 18 heavy (non-hydrogen) atoms. The van der Waals surface area contributed by atoms with E-state index in [1.807, 2.05) is 25.1 Å². The zero-order valence-electron chi connectivity index (χ0n) is 10.8. The van der Waals surface area contributed by atoms with Crippen LogP contribution in [0.25, 0.3) is 11.5 Å². The SMILES string of the molecule is Cc1cccc(N)c1-c1nc(CSC(C)C)no1. The number of hydrogen-bond donors (Lipinski definition) is 1. The zero-order chi connectivity index (χ0) is 13.1. The summed E-state index contributed by atoms with van der Waals surface area (Å²) in [6.45, 7) is 6.27. The topological polar surface area (TPSA) is 64.9 Å². The number of nitrogens with zero attached hydrogens (tertiary/aromatic N) is 2. The summed E-state index contributed by atoms with van der Waals surface area (Å²) in [7, 11) is 0. The minimum atomic E-state index is 0.505. The molecule has 2 N–H and O–H groups in total. The number of nitrogens with two attached hydrogens (primary N) is 1. The maximum Gasteiger partial charge on any atom is 0.260 e. The molecule has 1 aromatic carbocycles. The number of aryl methyl sites for hydroxylation is 1. The summed E-state index contributed by atoms with van der Waals surface area (Å²) < 4.78 is 5.29. The first-order valence-corrected chi connectivity index (χ1v) is 6.92. The molecular formula is C13H17N3OS. The van der Waals surface area contributed by atoms with Crippen molar-refractivity contribution in [1.29, 1.82) is 0 Å². The van der Waals surface area contributed by atoms with Gasteiger partial charge in [-0.1, -0.05) is 31.1 Å². The fourth-order valence-corrected chi connectivity index (χ4v) is 2.24. The van der Waals surface area contributed by atoms with Crippen molar-refractivity contribution in [1.82, 2.24) is 10.1 Å². The molecule has 0 fully saturated rings. The molecule has 0 atom stereocenters. The van der Waals surface area contributed by atoms with Crippen molar-refractivity contribution in [3.05, 3.63) is 29.6 Å². The molecule has 0 spiro atoms. The lowest BCUT2D eigenvalue weighted by molar-refractivity contribution is 0.425. The Balaban J connectivity index is 2.24. The average Bonchev–Trinajstić information content (AvgIpc) is 2.75. The van der Waals surface area contributed by atoms with E-state index < -0.39 is 0 Å². The smallest absolute Gasteiger partial charge is 0.260 e. The number of hydrogen-bond acceptors (Lipinski definition) is 5. The Morgan fingerprint density at radius 3 is 2.83 bits per heavy atom. The minimum absolute atomic E-state index is 0.505. The summed E-state index contributed by atoms with van der Waals surface area (Å²) >= 11 is 1.79. The standard InChI is InChI=1S/C13H17N3OS/c1-8(2)18-7-11-15-13(17-16-11)12-9(3)5-4-6-10(12)14/h4-6,8H,7,14H2,1-3H3. The normalized spacial score (nSPS) is 11.1. The van der Waals surface area contributed by atoms with Gasteiger partial charge >= 0.3 is 0 Å². The van der Waals surface area contributed by atoms with Crippen molar-refractivity contribution >= 4 is 17.4 Å². The van der Waals surface area contributed by atoms with Gasteiger partial charge in [-0.15, -0.1) is 0 Å². The van der Waals surface area contributed by atoms with Gasteiger partial charge in [-0.25, -0.2) is 0 Å². The number of rotatable bonds is 4. The summed E-state index contributed by atoms with van der Waals surface area (Å²) in [4.78, 5) is 4.40. The second-order valence-corrected chi connectivity index (χ2v) is 5.98. The van der Waals surface area contributed by atoms with Crippen LogP contribution in [0.4, 0.5) is 5.69 Å². The van der Waals surface area contributed by atoms with Gasteiger partial charge in [0.05, 0.1) is 11.3 Å². The predicted octanol–water partition coefficient (Wildman–Crippen LogP) is 3.27. The van der Waals surface area contributed by atoms with E-state index in [0.717, 1.165) is 16.9 Å². The van der Waals surface area contributed by atoms with E-state index in [2.05, 4.69) is 24.0 Å². The van der Waals surface area contributed by atoms with Crippen LogP contribution in [-0.4, -0.2) is 15.4 Å². The Bertz CT molecular complexity index is 517. The van der Waals surface area contributed by atoms with Gasteiger partial charge in [0, 0.05) is 5.69 Å². The van der Waals surface area contributed by atoms with Crippen LogP contribution in [0.2, 0.25) is 0 Å². The molecule has 0 aliphatic rings. The maximum atomic E-state index is 5.95. The largest absolute Gasteiger partial charge is 0.398 e. The Morgan fingerprint density at radius 1 is 1.39 bits per heavy atom. The molecule has 0 saturated heterocycles. The van der Waals surface area contributed by atoms with E-state index in [1.54, 1.807) is 11.8 Å². The van der Waals surface area contributed by atoms with Gasteiger partial charge in [0.15, 0.2) is 5.82 Å². The van der Waals surface area contributed by atoms with Crippen LogP contribution in [-0.2, 0) is 5.75 Å². The number of anilines is 1. The van der Waals surface area contributed by atoms with Crippen molar-refractivity contribution in [2.75, 3.05) is 5.73 Å². The molecule has 0 aliphatic carbocycles.